The van der Waals surface area contributed by atoms with E-state index >= 15 is 0 Å². The van der Waals surface area contributed by atoms with Crippen molar-refractivity contribution in [3.8, 4) is 5.75 Å². The Morgan fingerprint density at radius 1 is 1.35 bits per heavy atom. The van der Waals surface area contributed by atoms with Gasteiger partial charge in [-0.2, -0.15) is 10.1 Å². The zero-order valence-electron chi connectivity index (χ0n) is 14.9. The van der Waals surface area contributed by atoms with Crippen LogP contribution in [0.5, 0.6) is 5.75 Å². The average molecular weight is 377 g/mol. The average Bonchev–Trinajstić information content (AvgIpc) is 3.01. The molecule has 1 N–H and O–H groups in total. The van der Waals surface area contributed by atoms with E-state index in [1.807, 2.05) is 36.2 Å². The fourth-order valence-electron chi connectivity index (χ4n) is 3.03. The summed E-state index contributed by atoms with van der Waals surface area (Å²) in [5.41, 5.74) is 1.10. The van der Waals surface area contributed by atoms with Gasteiger partial charge >= 0.3 is 0 Å². The number of aromatic nitrogens is 3. The Bertz CT molecular complexity index is 859. The number of rotatable bonds is 7. The largest absolute Gasteiger partial charge is 0.496 e. The molecule has 2 heterocycles. The number of nitrogens with one attached hydrogen (secondary N) is 1. The minimum Gasteiger partial charge on any atom is -0.496 e. The molecule has 1 unspecified atom stereocenters. The summed E-state index contributed by atoms with van der Waals surface area (Å²) < 4.78 is 28.7. The molecule has 26 heavy (non-hydrogen) atoms. The molecule has 2 aromatic rings. The molecule has 9 heteroatoms. The Hall–Kier alpha value is -2.42. The maximum atomic E-state index is 11.7. The van der Waals surface area contributed by atoms with E-state index in [-0.39, 0.29) is 17.5 Å². The van der Waals surface area contributed by atoms with Gasteiger partial charge in [0.25, 0.3) is 0 Å². The first-order chi connectivity index (χ1) is 12.5. The van der Waals surface area contributed by atoms with E-state index in [4.69, 9.17) is 4.74 Å². The lowest BCUT2D eigenvalue weighted by Crippen LogP contribution is -2.33. The van der Waals surface area contributed by atoms with Crippen LogP contribution in [0.1, 0.15) is 12.0 Å². The van der Waals surface area contributed by atoms with E-state index in [9.17, 15) is 8.42 Å². The molecule has 1 fully saturated rings. The van der Waals surface area contributed by atoms with E-state index in [0.717, 1.165) is 17.7 Å². The lowest BCUT2D eigenvalue weighted by molar-refractivity contribution is 0.410. The van der Waals surface area contributed by atoms with Crippen LogP contribution in [0.4, 0.5) is 11.8 Å². The topological polar surface area (TPSA) is 97.3 Å². The number of anilines is 2. The van der Waals surface area contributed by atoms with Gasteiger partial charge in [-0.25, -0.2) is 8.42 Å². The standard InChI is InChI=1S/C17H23N5O3S/c1-22(14-8-10-26(23,24)12-14)16-11-19-21-17(20-16)18-9-7-13-5-3-4-6-15(13)25-2/h3-6,11,14H,7-10,12H2,1-2H3,(H,18,20,21). The van der Waals surface area contributed by atoms with Gasteiger partial charge < -0.3 is 15.0 Å². The van der Waals surface area contributed by atoms with Crippen LogP contribution >= 0.6 is 0 Å². The molecule has 1 aliphatic heterocycles. The Morgan fingerprint density at radius 3 is 2.88 bits per heavy atom. The second-order valence-corrected chi connectivity index (χ2v) is 8.52. The second-order valence-electron chi connectivity index (χ2n) is 6.29. The van der Waals surface area contributed by atoms with Crippen molar-refractivity contribution < 1.29 is 13.2 Å². The van der Waals surface area contributed by atoms with Gasteiger partial charge in [-0.1, -0.05) is 18.2 Å². The summed E-state index contributed by atoms with van der Waals surface area (Å²) in [4.78, 5) is 6.32. The van der Waals surface area contributed by atoms with E-state index in [0.29, 0.717) is 24.7 Å². The van der Waals surface area contributed by atoms with Crippen molar-refractivity contribution in [1.82, 2.24) is 15.2 Å². The van der Waals surface area contributed by atoms with E-state index in [1.54, 1.807) is 13.3 Å². The molecule has 0 amide bonds. The second kappa shape index (κ2) is 7.86. The number of ether oxygens (including phenoxy) is 1. The number of hydrogen-bond donors (Lipinski definition) is 1. The van der Waals surface area contributed by atoms with Crippen LogP contribution in [0.15, 0.2) is 30.5 Å². The number of para-hydroxylation sites is 1. The summed E-state index contributed by atoms with van der Waals surface area (Å²) in [6.45, 7) is 0.632. The van der Waals surface area contributed by atoms with Gasteiger partial charge in [0.15, 0.2) is 15.7 Å². The number of hydrogen-bond acceptors (Lipinski definition) is 8. The molecule has 0 saturated carbocycles. The number of methoxy groups -OCH3 is 1. The summed E-state index contributed by atoms with van der Waals surface area (Å²) in [5, 5.41) is 11.1. The Kier molecular flexibility index (Phi) is 5.55. The lowest BCUT2D eigenvalue weighted by Gasteiger charge is -2.24. The fraction of sp³-hybridized carbons (Fsp3) is 0.471. The number of nitrogens with zero attached hydrogens (tertiary/aromatic N) is 4. The van der Waals surface area contributed by atoms with Crippen LogP contribution in [0.25, 0.3) is 0 Å². The van der Waals surface area contributed by atoms with Crippen LogP contribution in [0.2, 0.25) is 0 Å². The van der Waals surface area contributed by atoms with E-state index in [2.05, 4.69) is 20.5 Å². The monoisotopic (exact) mass is 377 g/mol. The third-order valence-corrected chi connectivity index (χ3v) is 6.28. The van der Waals surface area contributed by atoms with Crippen molar-refractivity contribution >= 4 is 21.6 Å². The summed E-state index contributed by atoms with van der Waals surface area (Å²) in [7, 11) is 0.553. The van der Waals surface area contributed by atoms with Gasteiger partial charge in [-0.05, 0) is 24.5 Å². The Balaban J connectivity index is 1.61. The minimum atomic E-state index is -2.94. The highest BCUT2D eigenvalue weighted by molar-refractivity contribution is 7.91. The molecule has 1 aromatic heterocycles. The van der Waals surface area contributed by atoms with Gasteiger partial charge in [0, 0.05) is 19.6 Å². The maximum Gasteiger partial charge on any atom is 0.244 e. The smallest absolute Gasteiger partial charge is 0.244 e. The minimum absolute atomic E-state index is 0.0712. The molecule has 3 rings (SSSR count). The van der Waals surface area contributed by atoms with E-state index < -0.39 is 9.84 Å². The highest BCUT2D eigenvalue weighted by atomic mass is 32.2. The van der Waals surface area contributed by atoms with Crippen LogP contribution in [-0.2, 0) is 16.3 Å². The fourth-order valence-corrected chi connectivity index (χ4v) is 4.80. The van der Waals surface area contributed by atoms with Gasteiger partial charge in [0.1, 0.15) is 5.75 Å². The third kappa shape index (κ3) is 4.40. The van der Waals surface area contributed by atoms with Crippen molar-refractivity contribution in [2.75, 3.05) is 42.4 Å². The van der Waals surface area contributed by atoms with Crippen molar-refractivity contribution in [2.24, 2.45) is 0 Å². The SMILES string of the molecule is COc1ccccc1CCNc1nncc(N(C)C2CCS(=O)(=O)C2)n1. The highest BCUT2D eigenvalue weighted by Gasteiger charge is 2.31. The van der Waals surface area contributed by atoms with Crippen LogP contribution in [-0.4, -0.2) is 61.8 Å². The first-order valence-electron chi connectivity index (χ1n) is 8.47. The van der Waals surface area contributed by atoms with Gasteiger partial charge in [-0.15, -0.1) is 5.10 Å². The molecule has 0 radical (unpaired) electrons. The molecule has 1 aliphatic rings. The molecular formula is C17H23N5O3S. The van der Waals surface area contributed by atoms with Crippen molar-refractivity contribution in [3.63, 3.8) is 0 Å². The van der Waals surface area contributed by atoms with Crippen molar-refractivity contribution in [1.29, 1.82) is 0 Å². The Morgan fingerprint density at radius 2 is 2.15 bits per heavy atom. The molecule has 1 atom stereocenters. The first kappa shape index (κ1) is 18.4. The van der Waals surface area contributed by atoms with Crippen molar-refractivity contribution in [2.45, 2.75) is 18.9 Å². The number of sulfone groups is 1. The lowest BCUT2D eigenvalue weighted by atomic mass is 10.1. The summed E-state index contributed by atoms with van der Waals surface area (Å²) in [5.74, 6) is 2.27. The molecular weight excluding hydrogens is 354 g/mol. The zero-order chi connectivity index (χ0) is 18.6. The van der Waals surface area contributed by atoms with Gasteiger partial charge in [0.05, 0.1) is 24.8 Å². The molecule has 140 valence electrons. The van der Waals surface area contributed by atoms with Crippen LogP contribution < -0.4 is 15.0 Å². The molecule has 0 spiro atoms. The zero-order valence-corrected chi connectivity index (χ0v) is 15.7. The highest BCUT2D eigenvalue weighted by Crippen LogP contribution is 2.21. The van der Waals surface area contributed by atoms with Gasteiger partial charge in [0.2, 0.25) is 5.95 Å². The number of benzene rings is 1. The summed E-state index contributed by atoms with van der Waals surface area (Å²) >= 11 is 0. The summed E-state index contributed by atoms with van der Waals surface area (Å²) in [6, 6.07) is 7.79. The van der Waals surface area contributed by atoms with Gasteiger partial charge in [-0.3, -0.25) is 0 Å². The first-order valence-corrected chi connectivity index (χ1v) is 10.3. The predicted molar refractivity (Wildman–Crippen MR) is 100 cm³/mol. The van der Waals surface area contributed by atoms with Crippen LogP contribution in [0, 0.1) is 0 Å². The molecule has 1 saturated heterocycles. The molecule has 1 aromatic carbocycles. The normalized spacial score (nSPS) is 18.5. The van der Waals surface area contributed by atoms with Crippen molar-refractivity contribution in [3.05, 3.63) is 36.0 Å². The summed E-state index contributed by atoms with van der Waals surface area (Å²) in [6.07, 6.45) is 2.92. The predicted octanol–water partition coefficient (Wildman–Crippen LogP) is 1.16. The van der Waals surface area contributed by atoms with E-state index in [1.165, 1.54) is 0 Å². The molecule has 0 aliphatic carbocycles. The van der Waals surface area contributed by atoms with Crippen LogP contribution in [0.3, 0.4) is 0 Å². The quantitative estimate of drug-likeness (QED) is 0.768. The third-order valence-electron chi connectivity index (χ3n) is 4.53. The molecule has 0 bridgehead atoms. The molecule has 8 nitrogen and oxygen atoms in total. The Labute approximate surface area is 153 Å². The maximum absolute atomic E-state index is 11.7.